The zero-order valence-electron chi connectivity index (χ0n) is 20.8. The zero-order valence-corrected chi connectivity index (χ0v) is 20.8. The van der Waals surface area contributed by atoms with Gasteiger partial charge in [-0.1, -0.05) is 50.8 Å². The van der Waals surface area contributed by atoms with E-state index >= 15 is 0 Å². The number of carbonyl (C=O) groups is 1. The van der Waals surface area contributed by atoms with E-state index in [0.717, 1.165) is 53.5 Å². The highest BCUT2D eigenvalue weighted by Gasteiger charge is 2.30. The normalized spacial score (nSPS) is 20.6. The molecule has 1 aliphatic heterocycles. The standard InChI is InChI=1S/C30H38O2/c1-9-23(26-13-11-12-25-19(5)14-15-20(6)29(25)26)22(8)21(7)16-27-24(10-2)30(31)32-17-28(27)18(3)4/h14-16,24H,3,8-13,17H2,1-2,4-7H3/b21-16+,26-23-. The molecule has 1 unspecified atom stereocenters. The Bertz CT molecular complexity index is 1060. The van der Waals surface area contributed by atoms with Crippen molar-refractivity contribution in [3.05, 3.63) is 87.1 Å². The summed E-state index contributed by atoms with van der Waals surface area (Å²) in [6.07, 6.45) is 7.26. The minimum atomic E-state index is -0.240. The summed E-state index contributed by atoms with van der Waals surface area (Å²) in [5, 5.41) is 0. The lowest BCUT2D eigenvalue weighted by Crippen LogP contribution is -2.27. The van der Waals surface area contributed by atoms with Crippen molar-refractivity contribution >= 4 is 11.5 Å². The Morgan fingerprint density at radius 3 is 2.44 bits per heavy atom. The van der Waals surface area contributed by atoms with Gasteiger partial charge in [-0.25, -0.2) is 0 Å². The van der Waals surface area contributed by atoms with Crippen LogP contribution in [-0.2, 0) is 16.0 Å². The third kappa shape index (κ3) is 4.46. The van der Waals surface area contributed by atoms with E-state index in [1.54, 1.807) is 0 Å². The van der Waals surface area contributed by atoms with Gasteiger partial charge in [0, 0.05) is 0 Å². The van der Waals surface area contributed by atoms with Gasteiger partial charge in [0.2, 0.25) is 0 Å². The van der Waals surface area contributed by atoms with E-state index in [-0.39, 0.29) is 11.9 Å². The second kappa shape index (κ2) is 9.90. The highest BCUT2D eigenvalue weighted by molar-refractivity contribution is 5.81. The van der Waals surface area contributed by atoms with E-state index in [0.29, 0.717) is 6.61 Å². The predicted molar refractivity (Wildman–Crippen MR) is 136 cm³/mol. The number of hydrogen-bond acceptors (Lipinski definition) is 2. The van der Waals surface area contributed by atoms with Gasteiger partial charge < -0.3 is 4.74 Å². The fourth-order valence-corrected chi connectivity index (χ4v) is 5.26. The van der Waals surface area contributed by atoms with Crippen molar-refractivity contribution in [3.8, 4) is 0 Å². The van der Waals surface area contributed by atoms with E-state index in [4.69, 9.17) is 4.74 Å². The highest BCUT2D eigenvalue weighted by Crippen LogP contribution is 2.41. The average molecular weight is 431 g/mol. The van der Waals surface area contributed by atoms with Gasteiger partial charge in [0.05, 0.1) is 5.92 Å². The van der Waals surface area contributed by atoms with Gasteiger partial charge in [0.15, 0.2) is 0 Å². The van der Waals surface area contributed by atoms with Crippen molar-refractivity contribution in [2.45, 2.75) is 73.6 Å². The molecule has 0 fully saturated rings. The Balaban J connectivity index is 2.12. The first-order valence-corrected chi connectivity index (χ1v) is 12.0. The van der Waals surface area contributed by atoms with Crippen LogP contribution < -0.4 is 0 Å². The number of rotatable bonds is 6. The molecule has 1 heterocycles. The SMILES string of the molecule is C=C(C)C1=C(/C=C(\C)C(=C)/C(CC)=C2/CCCc3c(C)ccc(C)c32)C(CC)C(=O)OC1. The number of carbonyl (C=O) groups excluding carboxylic acids is 1. The molecule has 0 amide bonds. The Morgan fingerprint density at radius 2 is 1.81 bits per heavy atom. The minimum Gasteiger partial charge on any atom is -0.460 e. The molecule has 0 spiro atoms. The van der Waals surface area contributed by atoms with Crippen molar-refractivity contribution in [2.75, 3.05) is 6.61 Å². The van der Waals surface area contributed by atoms with Gasteiger partial charge in [0.25, 0.3) is 0 Å². The number of allylic oxidation sites excluding steroid dienone is 5. The topological polar surface area (TPSA) is 26.3 Å². The third-order valence-electron chi connectivity index (χ3n) is 7.13. The first-order valence-electron chi connectivity index (χ1n) is 12.0. The summed E-state index contributed by atoms with van der Waals surface area (Å²) in [4.78, 5) is 12.5. The monoisotopic (exact) mass is 430 g/mol. The third-order valence-corrected chi connectivity index (χ3v) is 7.13. The second-order valence-corrected chi connectivity index (χ2v) is 9.31. The van der Waals surface area contributed by atoms with Crippen molar-refractivity contribution in [2.24, 2.45) is 5.92 Å². The first kappa shape index (κ1) is 24.0. The molecule has 32 heavy (non-hydrogen) atoms. The van der Waals surface area contributed by atoms with Crippen LogP contribution >= 0.6 is 0 Å². The molecule has 170 valence electrons. The zero-order chi connectivity index (χ0) is 23.6. The van der Waals surface area contributed by atoms with E-state index in [2.05, 4.69) is 59.1 Å². The number of hydrogen-bond donors (Lipinski definition) is 0. The summed E-state index contributed by atoms with van der Waals surface area (Å²) in [6.45, 7) is 21.8. The molecule has 1 aromatic rings. The van der Waals surface area contributed by atoms with Gasteiger partial charge in [-0.15, -0.1) is 0 Å². The molecule has 0 bridgehead atoms. The number of benzene rings is 1. The second-order valence-electron chi connectivity index (χ2n) is 9.31. The molecule has 1 aliphatic carbocycles. The van der Waals surface area contributed by atoms with Crippen LogP contribution in [0.25, 0.3) is 5.57 Å². The molecule has 0 N–H and O–H groups in total. The molecule has 2 aliphatic rings. The predicted octanol–water partition coefficient (Wildman–Crippen LogP) is 7.76. The number of aryl methyl sites for hydroxylation is 2. The highest BCUT2D eigenvalue weighted by atomic mass is 16.5. The molecule has 0 radical (unpaired) electrons. The van der Waals surface area contributed by atoms with Crippen molar-refractivity contribution in [1.82, 2.24) is 0 Å². The molecule has 0 aromatic heterocycles. The Hall–Kier alpha value is -2.61. The summed E-state index contributed by atoms with van der Waals surface area (Å²) >= 11 is 0. The summed E-state index contributed by atoms with van der Waals surface area (Å²) in [7, 11) is 0. The summed E-state index contributed by atoms with van der Waals surface area (Å²) < 4.78 is 5.44. The quantitative estimate of drug-likeness (QED) is 0.340. The smallest absolute Gasteiger partial charge is 0.313 e. The average Bonchev–Trinajstić information content (AvgIpc) is 2.76. The van der Waals surface area contributed by atoms with E-state index in [1.807, 2.05) is 13.8 Å². The maximum absolute atomic E-state index is 12.5. The molecular weight excluding hydrogens is 392 g/mol. The molecule has 1 atom stereocenters. The van der Waals surface area contributed by atoms with Crippen molar-refractivity contribution in [1.29, 1.82) is 0 Å². The van der Waals surface area contributed by atoms with Gasteiger partial charge in [0.1, 0.15) is 6.61 Å². The first-order chi connectivity index (χ1) is 15.2. The number of cyclic esters (lactones) is 1. The number of fused-ring (bicyclic) bond motifs is 1. The van der Waals surface area contributed by atoms with Gasteiger partial charge >= 0.3 is 5.97 Å². The van der Waals surface area contributed by atoms with Gasteiger partial charge in [-0.05, 0) is 115 Å². The summed E-state index contributed by atoms with van der Waals surface area (Å²) in [6, 6.07) is 4.50. The summed E-state index contributed by atoms with van der Waals surface area (Å²) in [5.41, 5.74) is 13.7. The van der Waals surface area contributed by atoms with Gasteiger partial charge in [-0.3, -0.25) is 4.79 Å². The largest absolute Gasteiger partial charge is 0.460 e. The Kier molecular flexibility index (Phi) is 7.44. The maximum atomic E-state index is 12.5. The lowest BCUT2D eigenvalue weighted by molar-refractivity contribution is -0.147. The van der Waals surface area contributed by atoms with Crippen LogP contribution in [0, 0.1) is 19.8 Å². The molecule has 2 heteroatoms. The van der Waals surface area contributed by atoms with Crippen LogP contribution in [0.15, 0.2) is 64.8 Å². The fraction of sp³-hybridized carbons (Fsp3) is 0.433. The maximum Gasteiger partial charge on any atom is 0.313 e. The lowest BCUT2D eigenvalue weighted by Gasteiger charge is -2.28. The van der Waals surface area contributed by atoms with Crippen LogP contribution in [0.4, 0.5) is 0 Å². The molecular formula is C30H38O2. The summed E-state index contributed by atoms with van der Waals surface area (Å²) in [5.74, 6) is -0.375. The molecule has 3 rings (SSSR count). The molecule has 1 aromatic carbocycles. The fourth-order valence-electron chi connectivity index (χ4n) is 5.26. The van der Waals surface area contributed by atoms with E-state index < -0.39 is 0 Å². The Morgan fingerprint density at radius 1 is 1.12 bits per heavy atom. The van der Waals surface area contributed by atoms with E-state index in [1.165, 1.54) is 39.8 Å². The number of ether oxygens (including phenoxy) is 1. The molecule has 2 nitrogen and oxygen atoms in total. The molecule has 0 saturated heterocycles. The van der Waals surface area contributed by atoms with Crippen molar-refractivity contribution < 1.29 is 9.53 Å². The van der Waals surface area contributed by atoms with Gasteiger partial charge in [-0.2, -0.15) is 0 Å². The van der Waals surface area contributed by atoms with Crippen LogP contribution in [0.1, 0.15) is 75.6 Å². The minimum absolute atomic E-state index is 0.136. The van der Waals surface area contributed by atoms with E-state index in [9.17, 15) is 4.79 Å². The lowest BCUT2D eigenvalue weighted by atomic mass is 9.77. The van der Waals surface area contributed by atoms with Crippen LogP contribution in [0.3, 0.4) is 0 Å². The van der Waals surface area contributed by atoms with Crippen LogP contribution in [-0.4, -0.2) is 12.6 Å². The van der Waals surface area contributed by atoms with Crippen molar-refractivity contribution in [3.63, 3.8) is 0 Å². The van der Waals surface area contributed by atoms with Crippen LogP contribution in [0.2, 0.25) is 0 Å². The van der Waals surface area contributed by atoms with Crippen LogP contribution in [0.5, 0.6) is 0 Å². The molecule has 0 saturated carbocycles. The Labute approximate surface area is 194 Å². The number of esters is 1.